The third kappa shape index (κ3) is 2.26. The molecule has 0 aliphatic rings. The van der Waals surface area contributed by atoms with Crippen LogP contribution in [-0.4, -0.2) is 20.7 Å². The van der Waals surface area contributed by atoms with Crippen LogP contribution in [0.5, 0.6) is 0 Å². The Labute approximate surface area is 120 Å². The van der Waals surface area contributed by atoms with Crippen molar-refractivity contribution in [2.24, 2.45) is 0 Å². The van der Waals surface area contributed by atoms with E-state index in [0.29, 0.717) is 27.3 Å². The average Bonchev–Trinajstić information content (AvgIpc) is 2.46. The Balaban J connectivity index is 2.27. The number of carbonyl (C=O) groups is 1. The normalized spacial score (nSPS) is 10.7. The average molecular weight is 284 g/mol. The Morgan fingerprint density at radius 2 is 1.95 bits per heavy atom. The molecule has 0 saturated heterocycles. The number of aromatic nitrogens is 3. The van der Waals surface area contributed by atoms with Crippen LogP contribution in [0.1, 0.15) is 17.3 Å². The summed E-state index contributed by atoms with van der Waals surface area (Å²) in [6.07, 6.45) is 5.04. The SMILES string of the molecule is CC(=O)c1cc(Cl)cc2ncc(-c3ccncc3)nc12. The van der Waals surface area contributed by atoms with E-state index < -0.39 is 0 Å². The number of pyridine rings is 1. The Hall–Kier alpha value is -2.33. The molecule has 0 radical (unpaired) electrons. The number of benzene rings is 1. The van der Waals surface area contributed by atoms with Crippen LogP contribution < -0.4 is 0 Å². The number of halogens is 1. The second-order valence-corrected chi connectivity index (χ2v) is 4.80. The van der Waals surface area contributed by atoms with Gasteiger partial charge < -0.3 is 0 Å². The Bertz CT molecular complexity index is 803. The zero-order chi connectivity index (χ0) is 14.1. The summed E-state index contributed by atoms with van der Waals surface area (Å²) in [5.41, 5.74) is 3.26. The molecule has 0 fully saturated rings. The van der Waals surface area contributed by atoms with Gasteiger partial charge in [-0.25, -0.2) is 4.98 Å². The van der Waals surface area contributed by atoms with Crippen LogP contribution in [0.4, 0.5) is 0 Å². The summed E-state index contributed by atoms with van der Waals surface area (Å²) in [4.78, 5) is 24.6. The smallest absolute Gasteiger partial charge is 0.162 e. The van der Waals surface area contributed by atoms with Crippen molar-refractivity contribution >= 4 is 28.4 Å². The third-order valence-corrected chi connectivity index (χ3v) is 3.19. The summed E-state index contributed by atoms with van der Waals surface area (Å²) in [5.74, 6) is -0.0846. The van der Waals surface area contributed by atoms with Crippen molar-refractivity contribution in [3.05, 3.63) is 53.4 Å². The summed E-state index contributed by atoms with van der Waals surface area (Å²) in [7, 11) is 0. The van der Waals surface area contributed by atoms with Gasteiger partial charge in [0, 0.05) is 28.5 Å². The molecule has 3 aromatic rings. The van der Waals surface area contributed by atoms with Crippen molar-refractivity contribution in [1.29, 1.82) is 0 Å². The second-order valence-electron chi connectivity index (χ2n) is 4.37. The van der Waals surface area contributed by atoms with Crippen LogP contribution in [0.3, 0.4) is 0 Å². The highest BCUT2D eigenvalue weighted by molar-refractivity contribution is 6.32. The molecule has 2 aromatic heterocycles. The largest absolute Gasteiger partial charge is 0.294 e. The van der Waals surface area contributed by atoms with E-state index in [9.17, 15) is 4.79 Å². The van der Waals surface area contributed by atoms with Crippen molar-refractivity contribution in [1.82, 2.24) is 15.0 Å². The van der Waals surface area contributed by atoms with Gasteiger partial charge in [0.25, 0.3) is 0 Å². The molecule has 20 heavy (non-hydrogen) atoms. The van der Waals surface area contributed by atoms with Gasteiger partial charge in [0.05, 0.1) is 17.4 Å². The molecule has 0 atom stereocenters. The van der Waals surface area contributed by atoms with Gasteiger partial charge in [-0.15, -0.1) is 0 Å². The van der Waals surface area contributed by atoms with Crippen molar-refractivity contribution in [2.75, 3.05) is 0 Å². The van der Waals surface area contributed by atoms with Crippen LogP contribution in [0.2, 0.25) is 5.02 Å². The van der Waals surface area contributed by atoms with E-state index in [1.165, 1.54) is 6.92 Å². The minimum Gasteiger partial charge on any atom is -0.294 e. The van der Waals surface area contributed by atoms with Gasteiger partial charge in [-0.05, 0) is 31.2 Å². The topological polar surface area (TPSA) is 55.7 Å². The molecule has 0 saturated carbocycles. The zero-order valence-corrected chi connectivity index (χ0v) is 11.4. The number of hydrogen-bond donors (Lipinski definition) is 0. The van der Waals surface area contributed by atoms with Crippen molar-refractivity contribution in [3.63, 3.8) is 0 Å². The lowest BCUT2D eigenvalue weighted by molar-refractivity contribution is 0.101. The highest BCUT2D eigenvalue weighted by Gasteiger charge is 2.11. The first-order chi connectivity index (χ1) is 9.65. The van der Waals surface area contributed by atoms with Gasteiger partial charge in [0.15, 0.2) is 5.78 Å². The van der Waals surface area contributed by atoms with Gasteiger partial charge in [0.1, 0.15) is 5.52 Å². The minimum absolute atomic E-state index is 0.0846. The molecule has 0 aliphatic heterocycles. The van der Waals surface area contributed by atoms with Crippen molar-refractivity contribution in [3.8, 4) is 11.3 Å². The summed E-state index contributed by atoms with van der Waals surface area (Å²) in [5, 5.41) is 0.480. The van der Waals surface area contributed by atoms with Gasteiger partial charge in [0.2, 0.25) is 0 Å². The summed E-state index contributed by atoms with van der Waals surface area (Å²) in [6.45, 7) is 1.49. The minimum atomic E-state index is -0.0846. The third-order valence-electron chi connectivity index (χ3n) is 2.97. The molecule has 98 valence electrons. The molecule has 4 nitrogen and oxygen atoms in total. The summed E-state index contributed by atoms with van der Waals surface area (Å²) < 4.78 is 0. The van der Waals surface area contributed by atoms with Crippen molar-refractivity contribution < 1.29 is 4.79 Å². The fourth-order valence-electron chi connectivity index (χ4n) is 2.01. The van der Waals surface area contributed by atoms with E-state index in [0.717, 1.165) is 5.56 Å². The molecule has 5 heteroatoms. The lowest BCUT2D eigenvalue weighted by Gasteiger charge is -2.06. The van der Waals surface area contributed by atoms with Crippen LogP contribution in [0, 0.1) is 0 Å². The van der Waals surface area contributed by atoms with E-state index in [1.807, 2.05) is 12.1 Å². The van der Waals surface area contributed by atoms with E-state index >= 15 is 0 Å². The van der Waals surface area contributed by atoms with E-state index in [4.69, 9.17) is 11.6 Å². The fourth-order valence-corrected chi connectivity index (χ4v) is 2.22. The van der Waals surface area contributed by atoms with Gasteiger partial charge in [-0.3, -0.25) is 14.8 Å². The van der Waals surface area contributed by atoms with Gasteiger partial charge in [-0.2, -0.15) is 0 Å². The van der Waals surface area contributed by atoms with Crippen LogP contribution in [0.15, 0.2) is 42.9 Å². The molecular weight excluding hydrogens is 274 g/mol. The first-order valence-corrected chi connectivity index (χ1v) is 6.40. The fraction of sp³-hybridized carbons (Fsp3) is 0.0667. The molecule has 3 rings (SSSR count). The summed E-state index contributed by atoms with van der Waals surface area (Å²) in [6, 6.07) is 7.02. The zero-order valence-electron chi connectivity index (χ0n) is 10.7. The number of ketones is 1. The highest BCUT2D eigenvalue weighted by Crippen LogP contribution is 2.24. The maximum atomic E-state index is 11.7. The number of Topliss-reactive ketones (excluding diaryl/α,β-unsaturated/α-hetero) is 1. The molecular formula is C15H10ClN3O. The number of hydrogen-bond acceptors (Lipinski definition) is 4. The molecule has 0 unspecified atom stereocenters. The number of nitrogens with zero attached hydrogens (tertiary/aromatic N) is 3. The van der Waals surface area contributed by atoms with E-state index in [1.54, 1.807) is 30.7 Å². The second kappa shape index (κ2) is 4.98. The Kier molecular flexibility index (Phi) is 3.16. The monoisotopic (exact) mass is 283 g/mol. The Morgan fingerprint density at radius 1 is 1.20 bits per heavy atom. The van der Waals surface area contributed by atoms with Crippen LogP contribution >= 0.6 is 11.6 Å². The number of rotatable bonds is 2. The van der Waals surface area contributed by atoms with Crippen molar-refractivity contribution in [2.45, 2.75) is 6.92 Å². The van der Waals surface area contributed by atoms with E-state index in [-0.39, 0.29) is 5.78 Å². The lowest BCUT2D eigenvalue weighted by Crippen LogP contribution is -1.98. The molecule has 2 heterocycles. The van der Waals surface area contributed by atoms with E-state index in [2.05, 4.69) is 15.0 Å². The molecule has 0 aliphatic carbocycles. The lowest BCUT2D eigenvalue weighted by atomic mass is 10.1. The molecule has 0 N–H and O–H groups in total. The maximum absolute atomic E-state index is 11.7. The van der Waals surface area contributed by atoms with Crippen LogP contribution in [0.25, 0.3) is 22.3 Å². The van der Waals surface area contributed by atoms with Crippen LogP contribution in [-0.2, 0) is 0 Å². The highest BCUT2D eigenvalue weighted by atomic mass is 35.5. The molecule has 0 amide bonds. The maximum Gasteiger partial charge on any atom is 0.162 e. The van der Waals surface area contributed by atoms with Gasteiger partial charge in [-0.1, -0.05) is 11.6 Å². The molecule has 0 spiro atoms. The predicted molar refractivity (Wildman–Crippen MR) is 77.8 cm³/mol. The predicted octanol–water partition coefficient (Wildman–Crippen LogP) is 3.55. The Morgan fingerprint density at radius 3 is 2.65 bits per heavy atom. The molecule has 1 aromatic carbocycles. The number of carbonyl (C=O) groups excluding carboxylic acids is 1. The first-order valence-electron chi connectivity index (χ1n) is 6.03. The quantitative estimate of drug-likeness (QED) is 0.675. The molecule has 0 bridgehead atoms. The standard InChI is InChI=1S/C15H10ClN3O/c1-9(20)12-6-11(16)7-13-15(12)19-14(8-18-13)10-2-4-17-5-3-10/h2-8H,1H3. The summed E-state index contributed by atoms with van der Waals surface area (Å²) >= 11 is 6.00. The van der Waals surface area contributed by atoms with Gasteiger partial charge >= 0.3 is 0 Å². The number of fused-ring (bicyclic) bond motifs is 1. The first kappa shape index (κ1) is 12.7.